The Kier molecular flexibility index (Phi) is 13.0. The first-order valence-electron chi connectivity index (χ1n) is 18.8. The van der Waals surface area contributed by atoms with E-state index in [1.54, 1.807) is 51.1 Å². The van der Waals surface area contributed by atoms with Crippen LogP contribution in [0.25, 0.3) is 21.3 Å². The van der Waals surface area contributed by atoms with Crippen LogP contribution in [-0.4, -0.2) is 55.4 Å². The summed E-state index contributed by atoms with van der Waals surface area (Å²) in [5, 5.41) is 0.871. The third kappa shape index (κ3) is 9.69. The summed E-state index contributed by atoms with van der Waals surface area (Å²) in [4.78, 5) is 23.8. The van der Waals surface area contributed by atoms with Crippen molar-refractivity contribution in [3.8, 4) is 34.3 Å². The van der Waals surface area contributed by atoms with Crippen molar-refractivity contribution in [2.24, 2.45) is 0 Å². The average Bonchev–Trinajstić information content (AvgIpc) is 3.54. The van der Waals surface area contributed by atoms with Crippen LogP contribution in [0.15, 0.2) is 87.8 Å². The molecule has 0 spiro atoms. The normalized spacial score (nSPS) is 15.8. The van der Waals surface area contributed by atoms with Gasteiger partial charge in [0, 0.05) is 17.5 Å². The molecule has 0 radical (unpaired) electrons. The van der Waals surface area contributed by atoms with Crippen LogP contribution in [0, 0.1) is 20.8 Å². The van der Waals surface area contributed by atoms with Crippen LogP contribution in [-0.2, 0) is 36.9 Å². The van der Waals surface area contributed by atoms with Crippen molar-refractivity contribution >= 4 is 76.8 Å². The summed E-state index contributed by atoms with van der Waals surface area (Å²) >= 11 is 19.4. The van der Waals surface area contributed by atoms with E-state index in [1.165, 1.54) is 29.8 Å². The fourth-order valence-corrected chi connectivity index (χ4v) is 9.75. The number of rotatable bonds is 8. The van der Waals surface area contributed by atoms with Crippen molar-refractivity contribution in [1.29, 1.82) is 0 Å². The highest BCUT2D eigenvalue weighted by molar-refractivity contribution is 9.11. The number of benzene rings is 4. The lowest BCUT2D eigenvalue weighted by Gasteiger charge is -2.25. The number of halogens is 3. The Bertz CT molecular complexity index is 2640. The van der Waals surface area contributed by atoms with Gasteiger partial charge in [0.05, 0.1) is 24.1 Å². The first-order valence-corrected chi connectivity index (χ1v) is 22.6. The molecule has 4 aromatic carbocycles. The van der Waals surface area contributed by atoms with Gasteiger partial charge in [-0.1, -0.05) is 71.2 Å². The van der Waals surface area contributed by atoms with Gasteiger partial charge >= 0.3 is 5.97 Å². The number of nitrogens with zero attached hydrogens (tertiary/aromatic N) is 2. The zero-order valence-electron chi connectivity index (χ0n) is 33.5. The molecule has 0 saturated heterocycles. The van der Waals surface area contributed by atoms with Gasteiger partial charge in [-0.3, -0.25) is 4.18 Å². The molecule has 2 aromatic heterocycles. The van der Waals surface area contributed by atoms with Crippen LogP contribution < -0.4 is 18.9 Å². The zero-order chi connectivity index (χ0) is 42.9. The van der Waals surface area contributed by atoms with E-state index >= 15 is 0 Å². The molecule has 4 bridgehead atoms. The fourth-order valence-electron chi connectivity index (χ4n) is 6.58. The zero-order valence-corrected chi connectivity index (χ0v) is 38.2. The number of aromatic nitrogens is 2. The minimum absolute atomic E-state index is 0.0141. The van der Waals surface area contributed by atoms with Gasteiger partial charge in [-0.15, -0.1) is 11.3 Å². The fraction of sp³-hybridized carbons (Fsp3) is 0.295. The van der Waals surface area contributed by atoms with E-state index in [2.05, 4.69) is 25.9 Å². The lowest BCUT2D eigenvalue weighted by Crippen LogP contribution is -2.37. The van der Waals surface area contributed by atoms with Crippen LogP contribution in [0.5, 0.6) is 23.1 Å². The van der Waals surface area contributed by atoms with Crippen LogP contribution in [0.3, 0.4) is 0 Å². The van der Waals surface area contributed by atoms with E-state index < -0.39 is 40.5 Å². The number of esters is 1. The van der Waals surface area contributed by atoms with Gasteiger partial charge < -0.3 is 23.7 Å². The summed E-state index contributed by atoms with van der Waals surface area (Å²) in [5.74, 6) is 0.440. The lowest BCUT2D eigenvalue weighted by molar-refractivity contribution is -0.163. The molecule has 0 unspecified atom stereocenters. The van der Waals surface area contributed by atoms with E-state index in [9.17, 15) is 13.2 Å². The first-order chi connectivity index (χ1) is 28.5. The largest absolute Gasteiger partial charge is 0.490 e. The molecular weight excluding hydrogens is 915 g/mol. The van der Waals surface area contributed by atoms with Crippen molar-refractivity contribution in [2.75, 3.05) is 13.2 Å². The van der Waals surface area contributed by atoms with Gasteiger partial charge in [0.15, 0.2) is 11.9 Å². The Hall–Kier alpha value is -4.44. The average molecular weight is 957 g/mol. The molecule has 4 heterocycles. The number of ether oxygens (including phenoxy) is 5. The van der Waals surface area contributed by atoms with Crippen molar-refractivity contribution in [2.45, 2.75) is 77.3 Å². The number of aryl methyl sites for hydroxylation is 1. The Labute approximate surface area is 371 Å². The van der Waals surface area contributed by atoms with Crippen molar-refractivity contribution < 1.29 is 41.1 Å². The van der Waals surface area contributed by atoms with Gasteiger partial charge in [0.25, 0.3) is 10.1 Å². The molecule has 2 aliphatic heterocycles. The summed E-state index contributed by atoms with van der Waals surface area (Å²) < 4.78 is 64.7. The second-order valence-electron chi connectivity index (χ2n) is 15.2. The first kappa shape index (κ1) is 43.6. The molecule has 2 atom stereocenters. The second kappa shape index (κ2) is 17.9. The molecule has 314 valence electrons. The second-order valence-corrected chi connectivity index (χ2v) is 19.9. The number of carbonyl (C=O) groups is 1. The van der Waals surface area contributed by atoms with Crippen molar-refractivity contribution in [3.63, 3.8) is 0 Å². The maximum Gasteiger partial charge on any atom is 0.348 e. The lowest BCUT2D eigenvalue weighted by atomic mass is 9.95. The smallest absolute Gasteiger partial charge is 0.348 e. The number of fused-ring (bicyclic) bond motifs is 7. The van der Waals surface area contributed by atoms with Crippen LogP contribution in [0.2, 0.25) is 10.0 Å². The number of thiophene rings is 1. The summed E-state index contributed by atoms with van der Waals surface area (Å²) in [6, 6.07) is 21.1. The molecule has 60 heavy (non-hydrogen) atoms. The monoisotopic (exact) mass is 954 g/mol. The molecule has 2 aliphatic rings. The maximum absolute atomic E-state index is 14.1. The van der Waals surface area contributed by atoms with Crippen molar-refractivity contribution in [1.82, 2.24) is 9.97 Å². The third-order valence-corrected chi connectivity index (χ3v) is 13.5. The molecule has 0 amide bonds. The highest BCUT2D eigenvalue weighted by atomic mass is 79.9. The van der Waals surface area contributed by atoms with Gasteiger partial charge in [0.2, 0.25) is 12.0 Å². The van der Waals surface area contributed by atoms with Crippen molar-refractivity contribution in [3.05, 3.63) is 121 Å². The molecule has 0 fully saturated rings. The Balaban J connectivity index is 1.38. The molecule has 0 N–H and O–H groups in total. The molecule has 0 saturated carbocycles. The van der Waals surface area contributed by atoms with Crippen LogP contribution in [0.1, 0.15) is 48.6 Å². The van der Waals surface area contributed by atoms with Crippen LogP contribution in [0.4, 0.5) is 0 Å². The standard InChI is InChI=1S/C44H41BrCl2N2O9S2/c1-24-12-15-31(16-13-24)60(51,52)55-22-30-21-53-29-14-17-32(54-20-27-10-8-7-9-11-27)28(18-29)19-33(43(50)58-44(4,5)6)57-41-36-35(40(45)59-42(36)49-23-48-41)34-25(2)37(46)39(56-30)38(47)26(34)3/h7-18,23,30,33H,19-22H2,1-6H3/t30-,33+/m0/s1. The highest BCUT2D eigenvalue weighted by Gasteiger charge is 2.33. The highest BCUT2D eigenvalue weighted by Crippen LogP contribution is 2.52. The molecule has 8 rings (SSSR count). The Morgan fingerprint density at radius 3 is 2.32 bits per heavy atom. The predicted molar refractivity (Wildman–Crippen MR) is 235 cm³/mol. The Morgan fingerprint density at radius 1 is 0.933 bits per heavy atom. The number of hydrogen-bond acceptors (Lipinski definition) is 12. The van der Waals surface area contributed by atoms with E-state index in [1.807, 2.05) is 51.1 Å². The third-order valence-electron chi connectivity index (χ3n) is 9.50. The van der Waals surface area contributed by atoms with E-state index in [0.717, 1.165) is 11.1 Å². The molecule has 11 nitrogen and oxygen atoms in total. The molecule has 6 aromatic rings. The topological polar surface area (TPSA) is 132 Å². The summed E-state index contributed by atoms with van der Waals surface area (Å²) in [7, 11) is -4.21. The quantitative estimate of drug-likeness (QED) is 0.107. The predicted octanol–water partition coefficient (Wildman–Crippen LogP) is 10.8. The molecule has 16 heteroatoms. The number of carbonyl (C=O) groups excluding carboxylic acids is 1. The molecular formula is C44H41BrCl2N2O9S2. The van der Waals surface area contributed by atoms with E-state index in [0.29, 0.717) is 53.3 Å². The molecule has 0 aliphatic carbocycles. The van der Waals surface area contributed by atoms with E-state index in [-0.39, 0.29) is 46.2 Å². The van der Waals surface area contributed by atoms with Gasteiger partial charge in [-0.05, 0) is 110 Å². The summed E-state index contributed by atoms with van der Waals surface area (Å²) in [5.41, 5.74) is 4.02. The van der Waals surface area contributed by atoms with Gasteiger partial charge in [-0.2, -0.15) is 8.42 Å². The van der Waals surface area contributed by atoms with Crippen LogP contribution >= 0.6 is 50.5 Å². The summed E-state index contributed by atoms with van der Waals surface area (Å²) in [6.45, 7) is 10.4. The minimum atomic E-state index is -4.21. The Morgan fingerprint density at radius 2 is 1.63 bits per heavy atom. The van der Waals surface area contributed by atoms with Gasteiger partial charge in [-0.25, -0.2) is 14.8 Å². The minimum Gasteiger partial charge on any atom is -0.490 e. The van der Waals surface area contributed by atoms with Gasteiger partial charge in [0.1, 0.15) is 48.1 Å². The summed E-state index contributed by atoms with van der Waals surface area (Å²) in [6.07, 6.45) is -0.930. The SMILES string of the molecule is Cc1ccc(S(=O)(=O)OC[C@@H]2COc3ccc(OCc4ccccc4)c(c3)C[C@H](C(=O)OC(C)(C)C)Oc3ncnc4sc(Br)c(c34)-c3c(C)c(Cl)c(c(Cl)c3C)O2)cc1. The number of hydrogen-bond donors (Lipinski definition) is 0. The maximum atomic E-state index is 14.1. The van der Waals surface area contributed by atoms with E-state index in [4.69, 9.17) is 51.1 Å².